The third kappa shape index (κ3) is 3.63. The number of carbonyl (C=O) groups excluding carboxylic acids is 3. The maximum Gasteiger partial charge on any atom is 0.328 e. The van der Waals surface area contributed by atoms with E-state index in [1.54, 1.807) is 6.92 Å². The van der Waals surface area contributed by atoms with E-state index in [1.807, 2.05) is 48.5 Å². The molecule has 0 radical (unpaired) electrons. The van der Waals surface area contributed by atoms with E-state index in [0.717, 1.165) is 22.3 Å². The number of hydrogen-bond acceptors (Lipinski definition) is 5. The monoisotopic (exact) mass is 381 g/mol. The molecule has 2 atom stereocenters. The van der Waals surface area contributed by atoms with Crippen molar-refractivity contribution in [1.82, 2.24) is 5.32 Å². The smallest absolute Gasteiger partial charge is 0.328 e. The Balaban J connectivity index is 1.88. The fourth-order valence-corrected chi connectivity index (χ4v) is 3.70. The molecule has 0 fully saturated rings. The lowest BCUT2D eigenvalue weighted by atomic mass is 9.94. The third-order valence-corrected chi connectivity index (χ3v) is 5.09. The van der Waals surface area contributed by atoms with Gasteiger partial charge >= 0.3 is 11.9 Å². The predicted octanol–water partition coefficient (Wildman–Crippen LogP) is 2.66. The second kappa shape index (κ2) is 8.25. The number of carbonyl (C=O) groups is 3. The minimum absolute atomic E-state index is 0.0983. The molecule has 146 valence electrons. The molecule has 0 saturated carbocycles. The van der Waals surface area contributed by atoms with Crippen molar-refractivity contribution in [2.45, 2.75) is 25.3 Å². The Kier molecular flexibility index (Phi) is 5.78. The first-order valence-electron chi connectivity index (χ1n) is 9.12. The van der Waals surface area contributed by atoms with Gasteiger partial charge in [-0.25, -0.2) is 4.79 Å². The molecule has 0 aromatic heterocycles. The first-order chi connectivity index (χ1) is 13.5. The van der Waals surface area contributed by atoms with Crippen molar-refractivity contribution >= 4 is 17.8 Å². The Morgan fingerprint density at radius 3 is 1.89 bits per heavy atom. The number of benzene rings is 2. The maximum atomic E-state index is 13.2. The van der Waals surface area contributed by atoms with E-state index >= 15 is 0 Å². The molecule has 0 aliphatic heterocycles. The lowest BCUT2D eigenvalue weighted by molar-refractivity contribution is -0.148. The summed E-state index contributed by atoms with van der Waals surface area (Å²) in [6.45, 7) is 1.65. The van der Waals surface area contributed by atoms with Crippen molar-refractivity contribution in [3.8, 4) is 11.1 Å². The molecule has 0 bridgehead atoms. The Hall–Kier alpha value is -3.15. The van der Waals surface area contributed by atoms with Crippen LogP contribution in [0, 0.1) is 5.92 Å². The molecule has 0 saturated heterocycles. The highest BCUT2D eigenvalue weighted by Gasteiger charge is 2.36. The van der Waals surface area contributed by atoms with Crippen LogP contribution < -0.4 is 5.32 Å². The van der Waals surface area contributed by atoms with Gasteiger partial charge in [0.25, 0.3) is 0 Å². The van der Waals surface area contributed by atoms with E-state index in [0.29, 0.717) is 0 Å². The summed E-state index contributed by atoms with van der Waals surface area (Å²) in [6, 6.07) is 14.5. The summed E-state index contributed by atoms with van der Waals surface area (Å²) in [7, 11) is 2.54. The standard InChI is InChI=1S/C22H23NO5/c1-13(21(25)27-2)12-18(22(26)28-3)23-20(24)19-16-10-6-4-8-14(16)15-9-5-7-11-17(15)19/h4-11,13,18-19H,12H2,1-3H3,(H,23,24)/t13-,18+/m1/s1. The molecule has 0 spiro atoms. The highest BCUT2D eigenvalue weighted by molar-refractivity contribution is 5.97. The lowest BCUT2D eigenvalue weighted by Gasteiger charge is -2.22. The van der Waals surface area contributed by atoms with Crippen molar-refractivity contribution in [1.29, 1.82) is 0 Å². The topological polar surface area (TPSA) is 81.7 Å². The number of amides is 1. The van der Waals surface area contributed by atoms with Crippen LogP contribution >= 0.6 is 0 Å². The molecule has 2 aromatic rings. The quantitative estimate of drug-likeness (QED) is 0.778. The van der Waals surface area contributed by atoms with E-state index < -0.39 is 29.8 Å². The van der Waals surface area contributed by atoms with Gasteiger partial charge in [0.15, 0.2) is 0 Å². The number of rotatable bonds is 6. The Morgan fingerprint density at radius 2 is 1.39 bits per heavy atom. The fourth-order valence-electron chi connectivity index (χ4n) is 3.70. The number of esters is 2. The van der Waals surface area contributed by atoms with Gasteiger partial charge in [-0.3, -0.25) is 9.59 Å². The predicted molar refractivity (Wildman–Crippen MR) is 103 cm³/mol. The van der Waals surface area contributed by atoms with Crippen molar-refractivity contribution in [2.75, 3.05) is 14.2 Å². The highest BCUT2D eigenvalue weighted by atomic mass is 16.5. The van der Waals surface area contributed by atoms with E-state index in [-0.39, 0.29) is 12.3 Å². The second-order valence-corrected chi connectivity index (χ2v) is 6.85. The van der Waals surface area contributed by atoms with Gasteiger partial charge in [0.1, 0.15) is 6.04 Å². The number of hydrogen-bond donors (Lipinski definition) is 1. The average Bonchev–Trinajstić information content (AvgIpc) is 3.06. The average molecular weight is 381 g/mol. The second-order valence-electron chi connectivity index (χ2n) is 6.85. The van der Waals surface area contributed by atoms with Crippen molar-refractivity contribution < 1.29 is 23.9 Å². The summed E-state index contributed by atoms with van der Waals surface area (Å²) in [5, 5.41) is 2.78. The molecule has 0 unspecified atom stereocenters. The summed E-state index contributed by atoms with van der Waals surface area (Å²) in [4.78, 5) is 37.1. The van der Waals surface area contributed by atoms with Crippen LogP contribution in [0.4, 0.5) is 0 Å². The third-order valence-electron chi connectivity index (χ3n) is 5.09. The zero-order valence-corrected chi connectivity index (χ0v) is 16.1. The molecule has 6 nitrogen and oxygen atoms in total. The van der Waals surface area contributed by atoms with Gasteiger partial charge in [0.05, 0.1) is 26.1 Å². The van der Waals surface area contributed by atoms with Gasteiger partial charge in [-0.15, -0.1) is 0 Å². The van der Waals surface area contributed by atoms with E-state index in [2.05, 4.69) is 5.32 Å². The van der Waals surface area contributed by atoms with Crippen LogP contribution in [0.2, 0.25) is 0 Å². The summed E-state index contributed by atoms with van der Waals surface area (Å²) >= 11 is 0. The first kappa shape index (κ1) is 19.6. The Morgan fingerprint density at radius 1 is 0.893 bits per heavy atom. The number of nitrogens with one attached hydrogen (secondary N) is 1. The van der Waals surface area contributed by atoms with Gasteiger partial charge in [0, 0.05) is 0 Å². The number of methoxy groups -OCH3 is 2. The van der Waals surface area contributed by atoms with Crippen LogP contribution in [-0.2, 0) is 23.9 Å². The van der Waals surface area contributed by atoms with Crippen molar-refractivity contribution in [2.24, 2.45) is 5.92 Å². The van der Waals surface area contributed by atoms with Crippen LogP contribution in [0.1, 0.15) is 30.4 Å². The fraction of sp³-hybridized carbons (Fsp3) is 0.318. The van der Waals surface area contributed by atoms with Gasteiger partial charge in [-0.05, 0) is 28.7 Å². The molecule has 6 heteroatoms. The Labute approximate surface area is 163 Å². The number of ether oxygens (including phenoxy) is 2. The van der Waals surface area contributed by atoms with E-state index in [1.165, 1.54) is 14.2 Å². The largest absolute Gasteiger partial charge is 0.469 e. The molecule has 0 heterocycles. The molecule has 3 rings (SSSR count). The summed E-state index contributed by atoms with van der Waals surface area (Å²) in [6.07, 6.45) is 0.0983. The van der Waals surface area contributed by atoms with Crippen LogP contribution in [0.15, 0.2) is 48.5 Å². The SMILES string of the molecule is COC(=O)[C@H](C)C[C@H](NC(=O)C1c2ccccc2-c2ccccc21)C(=O)OC. The van der Waals surface area contributed by atoms with Gasteiger partial charge < -0.3 is 14.8 Å². The van der Waals surface area contributed by atoms with Crippen molar-refractivity contribution in [3.63, 3.8) is 0 Å². The molecule has 1 aliphatic carbocycles. The minimum atomic E-state index is -0.938. The van der Waals surface area contributed by atoms with Gasteiger partial charge in [-0.2, -0.15) is 0 Å². The maximum absolute atomic E-state index is 13.2. The molecule has 2 aromatic carbocycles. The van der Waals surface area contributed by atoms with Gasteiger partial charge in [0.2, 0.25) is 5.91 Å². The molecule has 28 heavy (non-hydrogen) atoms. The minimum Gasteiger partial charge on any atom is -0.469 e. The lowest BCUT2D eigenvalue weighted by Crippen LogP contribution is -2.45. The molecular weight excluding hydrogens is 358 g/mol. The highest BCUT2D eigenvalue weighted by Crippen LogP contribution is 2.44. The van der Waals surface area contributed by atoms with Crippen LogP contribution in [0.25, 0.3) is 11.1 Å². The van der Waals surface area contributed by atoms with Crippen LogP contribution in [0.5, 0.6) is 0 Å². The number of fused-ring (bicyclic) bond motifs is 3. The van der Waals surface area contributed by atoms with Crippen LogP contribution in [-0.4, -0.2) is 38.1 Å². The zero-order valence-electron chi connectivity index (χ0n) is 16.1. The first-order valence-corrected chi connectivity index (χ1v) is 9.12. The Bertz CT molecular complexity index is 862. The summed E-state index contributed by atoms with van der Waals surface area (Å²) in [5.41, 5.74) is 3.81. The van der Waals surface area contributed by atoms with E-state index in [9.17, 15) is 14.4 Å². The summed E-state index contributed by atoms with van der Waals surface area (Å²) in [5.74, 6) is -2.42. The normalized spacial score (nSPS) is 14.4. The molecule has 1 amide bonds. The summed E-state index contributed by atoms with van der Waals surface area (Å²) < 4.78 is 9.54. The molecule has 1 aliphatic rings. The van der Waals surface area contributed by atoms with Crippen molar-refractivity contribution in [3.05, 3.63) is 59.7 Å². The van der Waals surface area contributed by atoms with Gasteiger partial charge in [-0.1, -0.05) is 55.5 Å². The van der Waals surface area contributed by atoms with Crippen LogP contribution in [0.3, 0.4) is 0 Å². The molecule has 1 N–H and O–H groups in total. The van der Waals surface area contributed by atoms with E-state index in [4.69, 9.17) is 9.47 Å². The zero-order chi connectivity index (χ0) is 20.3. The molecular formula is C22H23NO5.